The zero-order chi connectivity index (χ0) is 13.8. The molecule has 0 aliphatic heterocycles. The molecule has 19 heavy (non-hydrogen) atoms. The smallest absolute Gasteiger partial charge is 0.223 e. The molecule has 0 aromatic heterocycles. The summed E-state index contributed by atoms with van der Waals surface area (Å²) in [6.07, 6.45) is 3.71. The lowest BCUT2D eigenvalue weighted by atomic mass is 9.85. The maximum absolute atomic E-state index is 12.2. The molecule has 0 unspecified atom stereocenters. The number of nitrogens with two attached hydrogens (primary N) is 1. The van der Waals surface area contributed by atoms with E-state index in [-0.39, 0.29) is 23.9 Å². The van der Waals surface area contributed by atoms with Gasteiger partial charge in [-0.1, -0.05) is 23.7 Å². The Morgan fingerprint density at radius 2 is 1.84 bits per heavy atom. The minimum Gasteiger partial charge on any atom is -0.349 e. The lowest BCUT2D eigenvalue weighted by Crippen LogP contribution is -2.37. The number of halogens is 1. The highest BCUT2D eigenvalue weighted by Crippen LogP contribution is 2.24. The quantitative estimate of drug-likeness (QED) is 0.894. The summed E-state index contributed by atoms with van der Waals surface area (Å²) in [5.41, 5.74) is 6.93. The first kappa shape index (κ1) is 14.4. The summed E-state index contributed by atoms with van der Waals surface area (Å²) < 4.78 is 0. The highest BCUT2D eigenvalue weighted by molar-refractivity contribution is 6.30. The van der Waals surface area contributed by atoms with Crippen molar-refractivity contribution in [1.29, 1.82) is 0 Å². The highest BCUT2D eigenvalue weighted by atomic mass is 35.5. The maximum Gasteiger partial charge on any atom is 0.223 e. The number of amides is 1. The van der Waals surface area contributed by atoms with Gasteiger partial charge in [0, 0.05) is 17.0 Å². The summed E-state index contributed by atoms with van der Waals surface area (Å²) in [6.45, 7) is 2.00. The van der Waals surface area contributed by atoms with Gasteiger partial charge in [0.1, 0.15) is 0 Å². The van der Waals surface area contributed by atoms with Crippen LogP contribution in [0.2, 0.25) is 5.02 Å². The van der Waals surface area contributed by atoms with Crippen molar-refractivity contribution >= 4 is 17.5 Å². The van der Waals surface area contributed by atoms with E-state index in [4.69, 9.17) is 17.3 Å². The van der Waals surface area contributed by atoms with Crippen molar-refractivity contribution in [3.05, 3.63) is 34.9 Å². The van der Waals surface area contributed by atoms with Gasteiger partial charge in [0.15, 0.2) is 0 Å². The van der Waals surface area contributed by atoms with Crippen molar-refractivity contribution in [3.8, 4) is 0 Å². The van der Waals surface area contributed by atoms with Crippen molar-refractivity contribution in [2.24, 2.45) is 11.7 Å². The monoisotopic (exact) mass is 280 g/mol. The van der Waals surface area contributed by atoms with E-state index in [2.05, 4.69) is 5.32 Å². The van der Waals surface area contributed by atoms with Crippen LogP contribution >= 0.6 is 11.6 Å². The van der Waals surface area contributed by atoms with Gasteiger partial charge in [0.25, 0.3) is 0 Å². The molecule has 1 aromatic carbocycles. The van der Waals surface area contributed by atoms with E-state index in [9.17, 15) is 4.79 Å². The lowest BCUT2D eigenvalue weighted by molar-refractivity contribution is -0.126. The fourth-order valence-electron chi connectivity index (χ4n) is 2.55. The summed E-state index contributed by atoms with van der Waals surface area (Å²) >= 11 is 5.86. The van der Waals surface area contributed by atoms with Crippen LogP contribution in [0.4, 0.5) is 0 Å². The number of rotatable bonds is 3. The molecule has 0 radical (unpaired) electrons. The third-order valence-corrected chi connectivity index (χ3v) is 4.12. The molecule has 1 atom stereocenters. The second-order valence-corrected chi connectivity index (χ2v) is 5.83. The Labute approximate surface area is 119 Å². The molecule has 1 aliphatic carbocycles. The molecule has 1 saturated carbocycles. The number of hydrogen-bond donors (Lipinski definition) is 2. The average molecular weight is 281 g/mol. The SMILES string of the molecule is C[C@H](NC(=O)C1CCC(N)CC1)c1ccc(Cl)cc1. The zero-order valence-corrected chi connectivity index (χ0v) is 12.0. The maximum atomic E-state index is 12.2. The molecule has 0 saturated heterocycles. The largest absolute Gasteiger partial charge is 0.349 e. The zero-order valence-electron chi connectivity index (χ0n) is 11.2. The fourth-order valence-corrected chi connectivity index (χ4v) is 2.67. The van der Waals surface area contributed by atoms with E-state index in [1.165, 1.54) is 0 Å². The van der Waals surface area contributed by atoms with Crippen LogP contribution in [-0.4, -0.2) is 11.9 Å². The first-order chi connectivity index (χ1) is 9.06. The second kappa shape index (κ2) is 6.40. The van der Waals surface area contributed by atoms with Gasteiger partial charge in [-0.3, -0.25) is 4.79 Å². The normalized spacial score (nSPS) is 24.8. The third-order valence-electron chi connectivity index (χ3n) is 3.87. The summed E-state index contributed by atoms with van der Waals surface area (Å²) in [6, 6.07) is 7.88. The lowest BCUT2D eigenvalue weighted by Gasteiger charge is -2.26. The summed E-state index contributed by atoms with van der Waals surface area (Å²) in [5.74, 6) is 0.268. The van der Waals surface area contributed by atoms with Crippen LogP contribution in [0.15, 0.2) is 24.3 Å². The first-order valence-corrected chi connectivity index (χ1v) is 7.25. The van der Waals surface area contributed by atoms with Gasteiger partial charge in [-0.25, -0.2) is 0 Å². The number of carbonyl (C=O) groups is 1. The third kappa shape index (κ3) is 3.95. The molecule has 3 nitrogen and oxygen atoms in total. The van der Waals surface area contributed by atoms with Crippen molar-refractivity contribution in [2.75, 3.05) is 0 Å². The fraction of sp³-hybridized carbons (Fsp3) is 0.533. The van der Waals surface area contributed by atoms with Crippen LogP contribution in [0.25, 0.3) is 0 Å². The van der Waals surface area contributed by atoms with Gasteiger partial charge < -0.3 is 11.1 Å². The van der Waals surface area contributed by atoms with Crippen molar-refractivity contribution in [2.45, 2.75) is 44.7 Å². The predicted molar refractivity (Wildman–Crippen MR) is 77.9 cm³/mol. The van der Waals surface area contributed by atoms with Gasteiger partial charge in [0.05, 0.1) is 6.04 Å². The molecule has 1 aromatic rings. The minimum atomic E-state index is 0.0142. The molecule has 1 fully saturated rings. The molecular weight excluding hydrogens is 260 g/mol. The number of nitrogens with one attached hydrogen (secondary N) is 1. The topological polar surface area (TPSA) is 55.1 Å². The Kier molecular flexibility index (Phi) is 4.83. The molecule has 104 valence electrons. The molecule has 0 heterocycles. The molecule has 0 spiro atoms. The van der Waals surface area contributed by atoms with Gasteiger partial charge >= 0.3 is 0 Å². The molecule has 1 aliphatic rings. The second-order valence-electron chi connectivity index (χ2n) is 5.39. The van der Waals surface area contributed by atoms with Gasteiger partial charge in [-0.15, -0.1) is 0 Å². The van der Waals surface area contributed by atoms with E-state index < -0.39 is 0 Å². The van der Waals surface area contributed by atoms with Crippen molar-refractivity contribution < 1.29 is 4.79 Å². The number of benzene rings is 1. The Morgan fingerprint density at radius 1 is 1.26 bits per heavy atom. The van der Waals surface area contributed by atoms with Crippen LogP contribution in [0.3, 0.4) is 0 Å². The van der Waals surface area contributed by atoms with Crippen LogP contribution in [-0.2, 0) is 4.79 Å². The van der Waals surface area contributed by atoms with E-state index in [1.54, 1.807) is 0 Å². The molecular formula is C15H21ClN2O. The average Bonchev–Trinajstić information content (AvgIpc) is 2.40. The van der Waals surface area contributed by atoms with Crippen LogP contribution in [0.1, 0.15) is 44.2 Å². The Bertz CT molecular complexity index is 424. The standard InChI is InChI=1S/C15H21ClN2O/c1-10(11-2-6-13(16)7-3-11)18-15(19)12-4-8-14(17)9-5-12/h2-3,6-7,10,12,14H,4-5,8-9,17H2,1H3,(H,18,19)/t10-,12?,14?/m0/s1. The summed E-state index contributed by atoms with van der Waals surface area (Å²) in [4.78, 5) is 12.2. The van der Waals surface area contributed by atoms with Crippen LogP contribution in [0.5, 0.6) is 0 Å². The Balaban J connectivity index is 1.89. The minimum absolute atomic E-state index is 0.0142. The van der Waals surface area contributed by atoms with Crippen LogP contribution < -0.4 is 11.1 Å². The van der Waals surface area contributed by atoms with Crippen LogP contribution in [0, 0.1) is 5.92 Å². The van der Waals surface area contributed by atoms with Gasteiger partial charge in [-0.2, -0.15) is 0 Å². The van der Waals surface area contributed by atoms with E-state index in [0.717, 1.165) is 31.2 Å². The molecule has 3 N–H and O–H groups in total. The Hall–Kier alpha value is -1.06. The summed E-state index contributed by atoms with van der Waals surface area (Å²) in [5, 5.41) is 3.79. The van der Waals surface area contributed by atoms with E-state index in [1.807, 2.05) is 31.2 Å². The number of carbonyl (C=O) groups excluding carboxylic acids is 1. The van der Waals surface area contributed by atoms with E-state index >= 15 is 0 Å². The summed E-state index contributed by atoms with van der Waals surface area (Å²) in [7, 11) is 0. The van der Waals surface area contributed by atoms with Crippen molar-refractivity contribution in [3.63, 3.8) is 0 Å². The molecule has 2 rings (SSSR count). The highest BCUT2D eigenvalue weighted by Gasteiger charge is 2.25. The van der Waals surface area contributed by atoms with E-state index in [0.29, 0.717) is 5.02 Å². The van der Waals surface area contributed by atoms with Crippen molar-refractivity contribution in [1.82, 2.24) is 5.32 Å². The first-order valence-electron chi connectivity index (χ1n) is 6.87. The molecule has 1 amide bonds. The predicted octanol–water partition coefficient (Wildman–Crippen LogP) is 3.03. The molecule has 0 bridgehead atoms. The number of hydrogen-bond acceptors (Lipinski definition) is 2. The van der Waals surface area contributed by atoms with Gasteiger partial charge in [0.2, 0.25) is 5.91 Å². The molecule has 4 heteroatoms. The Morgan fingerprint density at radius 3 is 2.42 bits per heavy atom. The van der Waals surface area contributed by atoms with Gasteiger partial charge in [-0.05, 0) is 50.3 Å².